The predicted molar refractivity (Wildman–Crippen MR) is 56.6 cm³/mol. The van der Waals surface area contributed by atoms with Crippen LogP contribution in [0.25, 0.3) is 0 Å². The number of nitrogens with zero attached hydrogens (tertiary/aromatic N) is 1. The largest absolute Gasteiger partial charge is 0.337 e. The molecule has 1 aromatic carbocycles. The molecule has 0 spiro atoms. The van der Waals surface area contributed by atoms with Gasteiger partial charge in [0.2, 0.25) is 0 Å². The van der Waals surface area contributed by atoms with Crippen molar-refractivity contribution in [3.63, 3.8) is 0 Å². The molecule has 0 radical (unpaired) electrons. The van der Waals surface area contributed by atoms with Gasteiger partial charge < -0.3 is 4.90 Å². The van der Waals surface area contributed by atoms with Gasteiger partial charge in [0.1, 0.15) is 5.82 Å². The number of likely N-dealkylation sites (tertiary alicyclic amines) is 1. The lowest BCUT2D eigenvalue weighted by molar-refractivity contribution is 0.0792. The van der Waals surface area contributed by atoms with Crippen LogP contribution in [0.4, 0.5) is 4.39 Å². The first-order chi connectivity index (χ1) is 7.16. The fraction of sp³-hybridized carbons (Fsp3) is 0.364. The molecule has 2 rings (SSSR count). The van der Waals surface area contributed by atoms with Gasteiger partial charge >= 0.3 is 0 Å². The van der Waals surface area contributed by atoms with Crippen molar-refractivity contribution >= 4 is 17.5 Å². The lowest BCUT2D eigenvalue weighted by Gasteiger charge is -2.15. The van der Waals surface area contributed by atoms with E-state index in [1.54, 1.807) is 11.0 Å². The first kappa shape index (κ1) is 10.4. The molecule has 0 aliphatic carbocycles. The number of hydrogen-bond acceptors (Lipinski definition) is 1. The fourth-order valence-electron chi connectivity index (χ4n) is 1.71. The molecule has 1 aliphatic heterocycles. The Labute approximate surface area is 92.6 Å². The van der Waals surface area contributed by atoms with Crippen molar-refractivity contribution in [2.24, 2.45) is 0 Å². The third kappa shape index (κ3) is 2.29. The second-order valence-electron chi connectivity index (χ2n) is 3.65. The molecule has 15 heavy (non-hydrogen) atoms. The first-order valence-electron chi connectivity index (χ1n) is 4.86. The average Bonchev–Trinajstić information content (AvgIpc) is 2.64. The van der Waals surface area contributed by atoms with Gasteiger partial charge in [0.25, 0.3) is 5.91 Å². The average molecular weight is 228 g/mol. The van der Waals surface area contributed by atoms with Crippen molar-refractivity contribution in [3.8, 4) is 0 Å². The molecular weight excluding hydrogens is 217 g/mol. The number of alkyl halides is 1. The Bertz CT molecular complexity index is 383. The molecule has 1 atom stereocenters. The Morgan fingerprint density at radius 1 is 1.53 bits per heavy atom. The Kier molecular flexibility index (Phi) is 2.91. The molecule has 0 saturated carbocycles. The maximum absolute atomic E-state index is 12.9. The minimum Gasteiger partial charge on any atom is -0.337 e. The molecule has 1 amide bonds. The van der Waals surface area contributed by atoms with Gasteiger partial charge in [0.15, 0.2) is 0 Å². The van der Waals surface area contributed by atoms with Crippen LogP contribution in [0.1, 0.15) is 16.8 Å². The highest BCUT2D eigenvalue weighted by Crippen LogP contribution is 2.17. The second-order valence-corrected chi connectivity index (χ2v) is 4.26. The Balaban J connectivity index is 2.14. The smallest absolute Gasteiger partial charge is 0.254 e. The molecule has 1 heterocycles. The first-order valence-corrected chi connectivity index (χ1v) is 5.29. The van der Waals surface area contributed by atoms with E-state index in [-0.39, 0.29) is 17.1 Å². The Morgan fingerprint density at radius 2 is 2.33 bits per heavy atom. The topological polar surface area (TPSA) is 20.3 Å². The molecule has 2 nitrogen and oxygen atoms in total. The van der Waals surface area contributed by atoms with Crippen molar-refractivity contribution in [2.75, 3.05) is 13.1 Å². The normalized spacial score (nSPS) is 20.7. The van der Waals surface area contributed by atoms with Crippen molar-refractivity contribution in [3.05, 3.63) is 35.6 Å². The number of amides is 1. The van der Waals surface area contributed by atoms with E-state index in [4.69, 9.17) is 11.6 Å². The Hall–Kier alpha value is -1.09. The van der Waals surface area contributed by atoms with E-state index in [9.17, 15) is 9.18 Å². The van der Waals surface area contributed by atoms with Gasteiger partial charge in [-0.2, -0.15) is 0 Å². The highest BCUT2D eigenvalue weighted by Gasteiger charge is 2.25. The number of carbonyl (C=O) groups is 1. The number of halogens is 2. The van der Waals surface area contributed by atoms with Crippen LogP contribution in [-0.4, -0.2) is 29.3 Å². The minimum absolute atomic E-state index is 0.0301. The monoisotopic (exact) mass is 227 g/mol. The Morgan fingerprint density at radius 3 is 2.93 bits per heavy atom. The van der Waals surface area contributed by atoms with Gasteiger partial charge in [-0.3, -0.25) is 4.79 Å². The summed E-state index contributed by atoms with van der Waals surface area (Å²) in [5, 5.41) is 0.0301. The van der Waals surface area contributed by atoms with Crippen LogP contribution in [0.5, 0.6) is 0 Å². The molecule has 1 unspecified atom stereocenters. The molecule has 1 aromatic rings. The van der Waals surface area contributed by atoms with Gasteiger partial charge in [0.05, 0.1) is 5.38 Å². The highest BCUT2D eigenvalue weighted by molar-refractivity contribution is 6.21. The van der Waals surface area contributed by atoms with Crippen LogP contribution < -0.4 is 0 Å². The third-order valence-corrected chi connectivity index (χ3v) is 2.85. The maximum Gasteiger partial charge on any atom is 0.254 e. The molecule has 1 fully saturated rings. The zero-order valence-corrected chi connectivity index (χ0v) is 8.88. The number of benzene rings is 1. The van der Waals surface area contributed by atoms with E-state index in [0.29, 0.717) is 18.7 Å². The van der Waals surface area contributed by atoms with E-state index in [2.05, 4.69) is 0 Å². The minimum atomic E-state index is -0.387. The molecule has 4 heteroatoms. The summed E-state index contributed by atoms with van der Waals surface area (Å²) in [6.45, 7) is 1.21. The number of hydrogen-bond donors (Lipinski definition) is 0. The quantitative estimate of drug-likeness (QED) is 0.674. The van der Waals surface area contributed by atoms with Crippen LogP contribution >= 0.6 is 11.6 Å². The maximum atomic E-state index is 12.9. The van der Waals surface area contributed by atoms with Crippen molar-refractivity contribution in [1.29, 1.82) is 0 Å². The standard InChI is InChI=1S/C11H11ClFNO/c12-9-4-5-14(7-9)11(15)8-2-1-3-10(13)6-8/h1-3,6,9H,4-5,7H2. The molecule has 0 bridgehead atoms. The summed E-state index contributed by atoms with van der Waals surface area (Å²) in [6.07, 6.45) is 0.808. The van der Waals surface area contributed by atoms with Crippen LogP contribution in [0.3, 0.4) is 0 Å². The molecular formula is C11H11ClFNO. The molecule has 1 aliphatic rings. The van der Waals surface area contributed by atoms with Crippen LogP contribution in [0.15, 0.2) is 24.3 Å². The summed E-state index contributed by atoms with van der Waals surface area (Å²) in [5.41, 5.74) is 0.390. The SMILES string of the molecule is O=C(c1cccc(F)c1)N1CCC(Cl)C1. The highest BCUT2D eigenvalue weighted by atomic mass is 35.5. The summed E-state index contributed by atoms with van der Waals surface area (Å²) in [5.74, 6) is -0.528. The molecule has 0 aromatic heterocycles. The fourth-order valence-corrected chi connectivity index (χ4v) is 1.97. The predicted octanol–water partition coefficient (Wildman–Crippen LogP) is 2.28. The van der Waals surface area contributed by atoms with Crippen molar-refractivity contribution in [2.45, 2.75) is 11.8 Å². The zero-order chi connectivity index (χ0) is 10.8. The zero-order valence-electron chi connectivity index (χ0n) is 8.12. The van der Waals surface area contributed by atoms with Crippen molar-refractivity contribution < 1.29 is 9.18 Å². The van der Waals surface area contributed by atoms with E-state index in [0.717, 1.165) is 6.42 Å². The van der Waals surface area contributed by atoms with Gasteiger partial charge in [0, 0.05) is 18.7 Å². The van der Waals surface area contributed by atoms with E-state index in [1.807, 2.05) is 0 Å². The van der Waals surface area contributed by atoms with E-state index >= 15 is 0 Å². The van der Waals surface area contributed by atoms with Gasteiger partial charge in [-0.15, -0.1) is 11.6 Å². The lowest BCUT2D eigenvalue weighted by Crippen LogP contribution is -2.28. The molecule has 1 saturated heterocycles. The van der Waals surface area contributed by atoms with Crippen molar-refractivity contribution in [1.82, 2.24) is 4.90 Å². The van der Waals surface area contributed by atoms with Crippen LogP contribution in [0.2, 0.25) is 0 Å². The van der Waals surface area contributed by atoms with Gasteiger partial charge in [-0.05, 0) is 24.6 Å². The summed E-state index contributed by atoms with van der Waals surface area (Å²) in [7, 11) is 0. The van der Waals surface area contributed by atoms with Crippen LogP contribution in [-0.2, 0) is 0 Å². The molecule has 0 N–H and O–H groups in total. The van der Waals surface area contributed by atoms with Gasteiger partial charge in [-0.25, -0.2) is 4.39 Å². The van der Waals surface area contributed by atoms with Gasteiger partial charge in [-0.1, -0.05) is 6.07 Å². The second kappa shape index (κ2) is 4.19. The van der Waals surface area contributed by atoms with E-state index in [1.165, 1.54) is 18.2 Å². The van der Waals surface area contributed by atoms with E-state index < -0.39 is 0 Å². The summed E-state index contributed by atoms with van der Waals surface area (Å²) < 4.78 is 12.9. The number of carbonyl (C=O) groups excluding carboxylic acids is 1. The number of rotatable bonds is 1. The third-order valence-electron chi connectivity index (χ3n) is 2.49. The summed E-state index contributed by atoms with van der Waals surface area (Å²) >= 11 is 5.90. The lowest BCUT2D eigenvalue weighted by atomic mass is 10.2. The van der Waals surface area contributed by atoms with Crippen LogP contribution in [0, 0.1) is 5.82 Å². The summed E-state index contributed by atoms with van der Waals surface area (Å²) in [4.78, 5) is 13.5. The molecule has 80 valence electrons. The summed E-state index contributed by atoms with van der Waals surface area (Å²) in [6, 6.07) is 5.73.